The zero-order chi connectivity index (χ0) is 16.6. The van der Waals surface area contributed by atoms with Crippen LogP contribution in [-0.4, -0.2) is 28.6 Å². The van der Waals surface area contributed by atoms with E-state index in [-0.39, 0.29) is 6.04 Å². The lowest BCUT2D eigenvalue weighted by atomic mass is 9.98. The molecule has 1 aliphatic rings. The summed E-state index contributed by atoms with van der Waals surface area (Å²) >= 11 is 5.22. The molecule has 23 heavy (non-hydrogen) atoms. The third-order valence-electron chi connectivity index (χ3n) is 4.33. The van der Waals surface area contributed by atoms with Gasteiger partial charge in [0.05, 0.1) is 9.83 Å². The van der Waals surface area contributed by atoms with E-state index in [1.54, 1.807) is 11.3 Å². The first-order valence-corrected chi connectivity index (χ1v) is 9.38. The fraction of sp³-hybridized carbons (Fsp3) is 0.389. The van der Waals surface area contributed by atoms with E-state index < -0.39 is 12.0 Å². The van der Waals surface area contributed by atoms with Gasteiger partial charge in [-0.25, -0.2) is 0 Å². The van der Waals surface area contributed by atoms with Gasteiger partial charge in [0.2, 0.25) is 0 Å². The van der Waals surface area contributed by atoms with Crippen molar-refractivity contribution in [3.05, 3.63) is 55.7 Å². The fourth-order valence-electron chi connectivity index (χ4n) is 3.53. The predicted octanol–water partition coefficient (Wildman–Crippen LogP) is 4.77. The first kappa shape index (κ1) is 16.7. The molecule has 2 heterocycles. The predicted molar refractivity (Wildman–Crippen MR) is 97.1 cm³/mol. The van der Waals surface area contributed by atoms with Crippen molar-refractivity contribution in [1.29, 1.82) is 0 Å². The minimum atomic E-state index is -0.715. The Bertz CT molecular complexity index is 707. The molecule has 0 amide bonds. The standard InChI is InChI=1S/C18H20BrNO2S/c1-11-8-12(2)10-13(9-11)17(15-5-6-16(19)23-15)20-7-3-4-14(20)18(21)22/h5-6,8-10,14,17H,3-4,7H2,1-2H3,(H,21,22). The van der Waals surface area contributed by atoms with E-state index in [9.17, 15) is 9.90 Å². The van der Waals surface area contributed by atoms with Gasteiger partial charge in [-0.05, 0) is 60.3 Å². The maximum absolute atomic E-state index is 11.7. The van der Waals surface area contributed by atoms with E-state index in [0.29, 0.717) is 0 Å². The Kier molecular flexibility index (Phi) is 4.90. The largest absolute Gasteiger partial charge is 0.480 e. The lowest BCUT2D eigenvalue weighted by Gasteiger charge is -2.31. The monoisotopic (exact) mass is 393 g/mol. The maximum Gasteiger partial charge on any atom is 0.320 e. The van der Waals surface area contributed by atoms with Gasteiger partial charge in [-0.15, -0.1) is 11.3 Å². The highest BCUT2D eigenvalue weighted by Gasteiger charge is 2.37. The van der Waals surface area contributed by atoms with Crippen LogP contribution >= 0.6 is 27.3 Å². The average Bonchev–Trinajstić information content (AvgIpc) is 3.08. The smallest absolute Gasteiger partial charge is 0.320 e. The van der Waals surface area contributed by atoms with Gasteiger partial charge in [0, 0.05) is 11.4 Å². The molecule has 2 atom stereocenters. The number of nitrogens with zero attached hydrogens (tertiary/aromatic N) is 1. The van der Waals surface area contributed by atoms with Crippen molar-refractivity contribution in [2.45, 2.75) is 38.8 Å². The van der Waals surface area contributed by atoms with Crippen molar-refractivity contribution in [2.24, 2.45) is 0 Å². The minimum absolute atomic E-state index is 0.00787. The molecule has 1 fully saturated rings. The van der Waals surface area contributed by atoms with Gasteiger partial charge >= 0.3 is 5.97 Å². The van der Waals surface area contributed by atoms with Crippen LogP contribution in [0.4, 0.5) is 0 Å². The Morgan fingerprint density at radius 1 is 1.30 bits per heavy atom. The van der Waals surface area contributed by atoms with E-state index in [0.717, 1.165) is 23.2 Å². The number of rotatable bonds is 4. The van der Waals surface area contributed by atoms with Crippen molar-refractivity contribution < 1.29 is 9.90 Å². The summed E-state index contributed by atoms with van der Waals surface area (Å²) in [6, 6.07) is 10.3. The zero-order valence-corrected chi connectivity index (χ0v) is 15.7. The summed E-state index contributed by atoms with van der Waals surface area (Å²) in [5, 5.41) is 9.59. The van der Waals surface area contributed by atoms with Crippen LogP contribution in [0.5, 0.6) is 0 Å². The van der Waals surface area contributed by atoms with Gasteiger partial charge in [0.15, 0.2) is 0 Å². The molecular weight excluding hydrogens is 374 g/mol. The normalized spacial score (nSPS) is 19.9. The fourth-order valence-corrected chi connectivity index (χ4v) is 5.10. The van der Waals surface area contributed by atoms with Gasteiger partial charge in [-0.3, -0.25) is 9.69 Å². The number of aryl methyl sites for hydroxylation is 2. The van der Waals surface area contributed by atoms with Crippen LogP contribution in [0.15, 0.2) is 34.1 Å². The summed E-state index contributed by atoms with van der Waals surface area (Å²) in [7, 11) is 0. The highest BCUT2D eigenvalue weighted by Crippen LogP contribution is 2.39. The van der Waals surface area contributed by atoms with Crippen LogP contribution in [0, 0.1) is 13.8 Å². The molecule has 1 aromatic carbocycles. The number of thiophene rings is 1. The number of benzene rings is 1. The molecule has 3 rings (SSSR count). The molecule has 122 valence electrons. The summed E-state index contributed by atoms with van der Waals surface area (Å²) in [5.74, 6) is -0.715. The van der Waals surface area contributed by atoms with Gasteiger partial charge in [-0.1, -0.05) is 29.3 Å². The lowest BCUT2D eigenvalue weighted by Crippen LogP contribution is -2.39. The molecule has 0 radical (unpaired) electrons. The summed E-state index contributed by atoms with van der Waals surface area (Å²) in [6.07, 6.45) is 1.66. The van der Waals surface area contributed by atoms with Gasteiger partial charge in [-0.2, -0.15) is 0 Å². The number of carboxylic acids is 1. The summed E-state index contributed by atoms with van der Waals surface area (Å²) in [6.45, 7) is 5.01. The molecule has 5 heteroatoms. The first-order chi connectivity index (χ1) is 11.0. The van der Waals surface area contributed by atoms with Crippen molar-refractivity contribution >= 4 is 33.2 Å². The number of carboxylic acid groups (broad SMARTS) is 1. The Hall–Kier alpha value is -1.17. The van der Waals surface area contributed by atoms with Crippen LogP contribution in [0.1, 0.15) is 40.5 Å². The number of likely N-dealkylation sites (tertiary alicyclic amines) is 1. The highest BCUT2D eigenvalue weighted by molar-refractivity contribution is 9.11. The third kappa shape index (κ3) is 3.52. The lowest BCUT2D eigenvalue weighted by molar-refractivity contribution is -0.142. The number of halogens is 1. The highest BCUT2D eigenvalue weighted by atomic mass is 79.9. The van der Waals surface area contributed by atoms with Gasteiger partial charge < -0.3 is 5.11 Å². The van der Waals surface area contributed by atoms with Crippen LogP contribution in [-0.2, 0) is 4.79 Å². The van der Waals surface area contributed by atoms with E-state index in [2.05, 4.69) is 58.9 Å². The minimum Gasteiger partial charge on any atom is -0.480 e. The molecule has 0 spiro atoms. The molecule has 0 saturated carbocycles. The van der Waals surface area contributed by atoms with E-state index in [4.69, 9.17) is 0 Å². The van der Waals surface area contributed by atoms with Gasteiger partial charge in [0.1, 0.15) is 6.04 Å². The molecule has 3 nitrogen and oxygen atoms in total. The van der Waals surface area contributed by atoms with Crippen LogP contribution < -0.4 is 0 Å². The molecule has 0 bridgehead atoms. The topological polar surface area (TPSA) is 40.5 Å². The summed E-state index contributed by atoms with van der Waals surface area (Å²) < 4.78 is 1.08. The Morgan fingerprint density at radius 2 is 2.00 bits per heavy atom. The first-order valence-electron chi connectivity index (χ1n) is 7.77. The van der Waals surface area contributed by atoms with Crippen molar-refractivity contribution in [3.63, 3.8) is 0 Å². The third-order valence-corrected chi connectivity index (χ3v) is 6.01. The van der Waals surface area contributed by atoms with Crippen molar-refractivity contribution in [3.8, 4) is 0 Å². The molecule has 1 saturated heterocycles. The van der Waals surface area contributed by atoms with Crippen molar-refractivity contribution in [2.75, 3.05) is 6.54 Å². The molecule has 2 unspecified atom stereocenters. The molecule has 1 aliphatic heterocycles. The van der Waals surface area contributed by atoms with Crippen LogP contribution in [0.3, 0.4) is 0 Å². The number of hydrogen-bond acceptors (Lipinski definition) is 3. The number of aliphatic carboxylic acids is 1. The van der Waals surface area contributed by atoms with E-state index in [1.807, 2.05) is 6.07 Å². The molecular formula is C18H20BrNO2S. The van der Waals surface area contributed by atoms with Crippen LogP contribution in [0.2, 0.25) is 0 Å². The SMILES string of the molecule is Cc1cc(C)cc(C(c2ccc(Br)s2)N2CCCC2C(=O)O)c1. The second-order valence-corrected chi connectivity index (χ2v) is 8.69. The zero-order valence-electron chi connectivity index (χ0n) is 13.3. The Balaban J connectivity index is 2.08. The summed E-state index contributed by atoms with van der Waals surface area (Å²) in [4.78, 5) is 15.0. The van der Waals surface area contributed by atoms with Gasteiger partial charge in [0.25, 0.3) is 0 Å². The molecule has 0 aliphatic carbocycles. The van der Waals surface area contributed by atoms with Crippen LogP contribution in [0.25, 0.3) is 0 Å². The average molecular weight is 394 g/mol. The summed E-state index contributed by atoms with van der Waals surface area (Å²) in [5.41, 5.74) is 3.61. The molecule has 1 N–H and O–H groups in total. The second kappa shape index (κ2) is 6.75. The maximum atomic E-state index is 11.7. The number of carbonyl (C=O) groups is 1. The number of hydrogen-bond donors (Lipinski definition) is 1. The van der Waals surface area contributed by atoms with Crippen molar-refractivity contribution in [1.82, 2.24) is 4.90 Å². The second-order valence-electron chi connectivity index (χ2n) is 6.20. The quantitative estimate of drug-likeness (QED) is 0.813. The molecule has 2 aromatic rings. The molecule has 1 aromatic heterocycles. The van der Waals surface area contributed by atoms with E-state index >= 15 is 0 Å². The van der Waals surface area contributed by atoms with E-state index in [1.165, 1.54) is 21.6 Å². The Labute approximate surface area is 149 Å². The Morgan fingerprint density at radius 3 is 2.57 bits per heavy atom.